The van der Waals surface area contributed by atoms with E-state index in [9.17, 15) is 9.59 Å². The Balaban J connectivity index is 1.79. The van der Waals surface area contributed by atoms with Crippen molar-refractivity contribution in [3.05, 3.63) is 34.2 Å². The molecule has 0 aliphatic heterocycles. The molecule has 1 aromatic rings. The van der Waals surface area contributed by atoms with Crippen LogP contribution >= 0.6 is 0 Å². The van der Waals surface area contributed by atoms with Gasteiger partial charge in [0, 0.05) is 23.8 Å². The van der Waals surface area contributed by atoms with E-state index in [0.717, 1.165) is 25.7 Å². The molecular formula is C20H30N2O2. The number of rotatable bonds is 4. The van der Waals surface area contributed by atoms with Gasteiger partial charge in [0.25, 0.3) is 5.56 Å². The van der Waals surface area contributed by atoms with Gasteiger partial charge in [-0.15, -0.1) is 0 Å². The summed E-state index contributed by atoms with van der Waals surface area (Å²) in [5.74, 6) is 0.140. The molecule has 1 amide bonds. The second-order valence-electron chi connectivity index (χ2n) is 7.51. The van der Waals surface area contributed by atoms with E-state index < -0.39 is 0 Å². The van der Waals surface area contributed by atoms with Crippen molar-refractivity contribution >= 4 is 5.91 Å². The van der Waals surface area contributed by atoms with Crippen LogP contribution in [0.15, 0.2) is 23.1 Å². The molecule has 1 heterocycles. The average Bonchev–Trinajstić information content (AvgIpc) is 2.61. The Hall–Kier alpha value is -1.58. The van der Waals surface area contributed by atoms with Gasteiger partial charge in [-0.2, -0.15) is 0 Å². The van der Waals surface area contributed by atoms with E-state index in [1.54, 1.807) is 10.8 Å². The van der Waals surface area contributed by atoms with Crippen molar-refractivity contribution in [1.29, 1.82) is 0 Å². The molecule has 24 heavy (non-hydrogen) atoms. The van der Waals surface area contributed by atoms with Gasteiger partial charge in [-0.25, -0.2) is 0 Å². The number of nitrogens with zero attached hydrogens (tertiary/aromatic N) is 2. The van der Waals surface area contributed by atoms with E-state index in [-0.39, 0.29) is 18.0 Å². The predicted molar refractivity (Wildman–Crippen MR) is 96.0 cm³/mol. The first-order chi connectivity index (χ1) is 11.7. The fourth-order valence-corrected chi connectivity index (χ4v) is 4.43. The molecule has 4 heteroatoms. The molecule has 0 aromatic carbocycles. The highest BCUT2D eigenvalue weighted by Crippen LogP contribution is 2.30. The van der Waals surface area contributed by atoms with Crippen molar-refractivity contribution in [3.8, 4) is 0 Å². The highest BCUT2D eigenvalue weighted by Gasteiger charge is 2.32. The SMILES string of the molecule is Cc1cccn(CC(=O)N(C2CCCCC2)C2CCCCC2)c1=O. The molecule has 0 bridgehead atoms. The number of aryl methyl sites for hydroxylation is 1. The average molecular weight is 330 g/mol. The van der Waals surface area contributed by atoms with Crippen LogP contribution in [0.25, 0.3) is 0 Å². The topological polar surface area (TPSA) is 42.3 Å². The van der Waals surface area contributed by atoms with Gasteiger partial charge < -0.3 is 9.47 Å². The number of hydrogen-bond acceptors (Lipinski definition) is 2. The van der Waals surface area contributed by atoms with Gasteiger partial charge in [-0.3, -0.25) is 9.59 Å². The van der Waals surface area contributed by atoms with Crippen LogP contribution in [0.4, 0.5) is 0 Å². The van der Waals surface area contributed by atoms with Crippen molar-refractivity contribution < 1.29 is 4.79 Å². The monoisotopic (exact) mass is 330 g/mol. The van der Waals surface area contributed by atoms with Crippen LogP contribution in [-0.2, 0) is 11.3 Å². The quantitative estimate of drug-likeness (QED) is 0.845. The standard InChI is InChI=1S/C20H30N2O2/c1-16-9-8-14-21(20(16)24)15-19(23)22(17-10-4-2-5-11-17)18-12-6-3-7-13-18/h8-9,14,17-18H,2-7,10-13,15H2,1H3. The van der Waals surface area contributed by atoms with E-state index in [0.29, 0.717) is 17.6 Å². The van der Waals surface area contributed by atoms with Gasteiger partial charge in [-0.05, 0) is 38.7 Å². The van der Waals surface area contributed by atoms with Crippen LogP contribution in [0, 0.1) is 6.92 Å². The first kappa shape index (κ1) is 17.2. The zero-order valence-electron chi connectivity index (χ0n) is 14.9. The van der Waals surface area contributed by atoms with E-state index in [1.165, 1.54) is 38.5 Å². The van der Waals surface area contributed by atoms with Crippen LogP contribution in [0.5, 0.6) is 0 Å². The third-order valence-corrected chi connectivity index (χ3v) is 5.74. The minimum absolute atomic E-state index is 0.0434. The molecule has 132 valence electrons. The summed E-state index contributed by atoms with van der Waals surface area (Å²) in [6.07, 6.45) is 13.8. The highest BCUT2D eigenvalue weighted by molar-refractivity contribution is 5.76. The van der Waals surface area contributed by atoms with Gasteiger partial charge in [0.1, 0.15) is 6.54 Å². The number of aromatic nitrogens is 1. The van der Waals surface area contributed by atoms with Crippen molar-refractivity contribution in [3.63, 3.8) is 0 Å². The molecule has 0 spiro atoms. The summed E-state index contributed by atoms with van der Waals surface area (Å²) in [6, 6.07) is 4.43. The molecule has 0 unspecified atom stereocenters. The summed E-state index contributed by atoms with van der Waals surface area (Å²) in [7, 11) is 0. The second-order valence-corrected chi connectivity index (χ2v) is 7.51. The first-order valence-electron chi connectivity index (χ1n) is 9.64. The van der Waals surface area contributed by atoms with E-state index >= 15 is 0 Å². The molecule has 4 nitrogen and oxygen atoms in total. The molecule has 3 rings (SSSR count). The summed E-state index contributed by atoms with van der Waals surface area (Å²) < 4.78 is 1.58. The third-order valence-electron chi connectivity index (χ3n) is 5.74. The van der Waals surface area contributed by atoms with Crippen molar-refractivity contribution in [2.24, 2.45) is 0 Å². The molecule has 0 N–H and O–H groups in total. The Morgan fingerprint density at radius 2 is 1.58 bits per heavy atom. The maximum Gasteiger partial charge on any atom is 0.253 e. The minimum atomic E-state index is -0.0434. The minimum Gasteiger partial charge on any atom is -0.335 e. The summed E-state index contributed by atoms with van der Waals surface area (Å²) in [4.78, 5) is 27.6. The van der Waals surface area contributed by atoms with Crippen molar-refractivity contribution in [2.45, 2.75) is 89.8 Å². The van der Waals surface area contributed by atoms with Crippen LogP contribution in [-0.4, -0.2) is 27.5 Å². The zero-order valence-corrected chi connectivity index (χ0v) is 14.9. The summed E-state index contributed by atoms with van der Waals surface area (Å²) in [6.45, 7) is 2.00. The molecule has 0 saturated heterocycles. The van der Waals surface area contributed by atoms with Gasteiger partial charge >= 0.3 is 0 Å². The molecular weight excluding hydrogens is 300 g/mol. The van der Waals surface area contributed by atoms with E-state index in [1.807, 2.05) is 19.1 Å². The van der Waals surface area contributed by atoms with Crippen LogP contribution < -0.4 is 5.56 Å². The van der Waals surface area contributed by atoms with E-state index in [2.05, 4.69) is 4.90 Å². The molecule has 0 radical (unpaired) electrons. The van der Waals surface area contributed by atoms with Crippen molar-refractivity contribution in [2.75, 3.05) is 0 Å². The lowest BCUT2D eigenvalue weighted by Gasteiger charge is -2.42. The first-order valence-corrected chi connectivity index (χ1v) is 9.64. The Labute approximate surface area is 144 Å². The predicted octanol–water partition coefficient (Wildman–Crippen LogP) is 3.65. The maximum atomic E-state index is 13.1. The molecule has 2 aliphatic carbocycles. The second kappa shape index (κ2) is 8.00. The Bertz CT molecular complexity index is 592. The smallest absolute Gasteiger partial charge is 0.253 e. The Morgan fingerprint density at radius 3 is 2.12 bits per heavy atom. The molecule has 2 saturated carbocycles. The zero-order chi connectivity index (χ0) is 16.9. The van der Waals surface area contributed by atoms with Crippen LogP contribution in [0.1, 0.15) is 69.8 Å². The molecule has 2 aliphatic rings. The number of carbonyl (C=O) groups is 1. The highest BCUT2D eigenvalue weighted by atomic mass is 16.2. The number of pyridine rings is 1. The van der Waals surface area contributed by atoms with E-state index in [4.69, 9.17) is 0 Å². The fraction of sp³-hybridized carbons (Fsp3) is 0.700. The maximum absolute atomic E-state index is 13.1. The lowest BCUT2D eigenvalue weighted by Crippen LogP contribution is -2.50. The number of amides is 1. The van der Waals surface area contributed by atoms with Gasteiger partial charge in [-0.1, -0.05) is 44.6 Å². The fourth-order valence-electron chi connectivity index (χ4n) is 4.43. The summed E-state index contributed by atoms with van der Waals surface area (Å²) in [5, 5.41) is 0. The Morgan fingerprint density at radius 1 is 1.04 bits per heavy atom. The number of carbonyl (C=O) groups excluding carboxylic acids is 1. The van der Waals surface area contributed by atoms with Gasteiger partial charge in [0.2, 0.25) is 5.91 Å². The largest absolute Gasteiger partial charge is 0.335 e. The van der Waals surface area contributed by atoms with Crippen LogP contribution in [0.2, 0.25) is 0 Å². The van der Waals surface area contributed by atoms with Crippen molar-refractivity contribution in [1.82, 2.24) is 9.47 Å². The summed E-state index contributed by atoms with van der Waals surface area (Å²) in [5.41, 5.74) is 0.658. The molecule has 1 aromatic heterocycles. The Kier molecular flexibility index (Phi) is 5.75. The molecule has 0 atom stereocenters. The van der Waals surface area contributed by atoms with Crippen LogP contribution in [0.3, 0.4) is 0 Å². The van der Waals surface area contributed by atoms with Gasteiger partial charge in [0.05, 0.1) is 0 Å². The van der Waals surface area contributed by atoms with Gasteiger partial charge in [0.15, 0.2) is 0 Å². The summed E-state index contributed by atoms with van der Waals surface area (Å²) >= 11 is 0. The lowest BCUT2D eigenvalue weighted by atomic mass is 9.88. The normalized spacial score (nSPS) is 20.0. The lowest BCUT2D eigenvalue weighted by molar-refractivity contribution is -0.138. The molecule has 2 fully saturated rings. The number of hydrogen-bond donors (Lipinski definition) is 0. The third kappa shape index (κ3) is 3.90.